The molecule has 0 saturated carbocycles. The average Bonchev–Trinajstić information content (AvgIpc) is 2.65. The van der Waals surface area contributed by atoms with E-state index in [4.69, 9.17) is 9.47 Å². The molecule has 25 heavy (non-hydrogen) atoms. The first-order valence-corrected chi connectivity index (χ1v) is 8.97. The predicted molar refractivity (Wildman–Crippen MR) is 95.8 cm³/mol. The van der Waals surface area contributed by atoms with Crippen LogP contribution >= 0.6 is 0 Å². The first-order valence-electron chi connectivity index (χ1n) is 8.97. The molecule has 1 aliphatic heterocycles. The molecule has 1 N–H and O–H groups in total. The molecule has 1 aliphatic rings. The summed E-state index contributed by atoms with van der Waals surface area (Å²) < 4.78 is 10.6. The molecular weight excluding hydrogens is 320 g/mol. The highest BCUT2D eigenvalue weighted by molar-refractivity contribution is 5.97. The number of nitrogens with zero attached hydrogens (tertiary/aromatic N) is 1. The minimum absolute atomic E-state index is 0.0693. The maximum Gasteiger partial charge on any atom is 0.232 e. The van der Waals surface area contributed by atoms with Crippen LogP contribution in [0.25, 0.3) is 0 Å². The van der Waals surface area contributed by atoms with Gasteiger partial charge in [0.2, 0.25) is 11.8 Å². The van der Waals surface area contributed by atoms with Gasteiger partial charge in [-0.3, -0.25) is 9.59 Å². The second kappa shape index (κ2) is 9.91. The number of carbonyl (C=O) groups is 2. The Bertz CT molecular complexity index is 559. The molecule has 0 radical (unpaired) electrons. The number of rotatable bonds is 8. The lowest BCUT2D eigenvalue weighted by atomic mass is 9.99. The van der Waals surface area contributed by atoms with Gasteiger partial charge in [0.25, 0.3) is 0 Å². The molecule has 2 rings (SSSR count). The van der Waals surface area contributed by atoms with E-state index in [1.807, 2.05) is 29.2 Å². The molecule has 0 spiro atoms. The Balaban J connectivity index is 1.66. The Kier molecular flexibility index (Phi) is 7.57. The predicted octanol–water partition coefficient (Wildman–Crippen LogP) is 2.37. The monoisotopic (exact) mass is 348 g/mol. The zero-order valence-corrected chi connectivity index (χ0v) is 15.1. The van der Waals surface area contributed by atoms with Crippen molar-refractivity contribution in [1.82, 2.24) is 10.2 Å². The van der Waals surface area contributed by atoms with Crippen LogP contribution in [0.2, 0.25) is 0 Å². The summed E-state index contributed by atoms with van der Waals surface area (Å²) in [6.45, 7) is 3.58. The smallest absolute Gasteiger partial charge is 0.232 e. The number of carbonyl (C=O) groups excluding carboxylic acids is 2. The molecule has 1 saturated heterocycles. The zero-order valence-electron chi connectivity index (χ0n) is 15.1. The summed E-state index contributed by atoms with van der Waals surface area (Å²) in [5.41, 5.74) is 0. The van der Waals surface area contributed by atoms with Crippen molar-refractivity contribution >= 4 is 11.8 Å². The molecular formula is C19H28N2O4. The fraction of sp³-hybridized carbons (Fsp3) is 0.579. The van der Waals surface area contributed by atoms with Crippen LogP contribution < -0.4 is 14.8 Å². The van der Waals surface area contributed by atoms with Crippen molar-refractivity contribution in [3.63, 3.8) is 0 Å². The molecule has 138 valence electrons. The molecule has 1 aromatic rings. The van der Waals surface area contributed by atoms with Crippen LogP contribution in [-0.2, 0) is 9.59 Å². The van der Waals surface area contributed by atoms with Gasteiger partial charge < -0.3 is 19.7 Å². The highest BCUT2D eigenvalue weighted by Gasteiger charge is 2.26. The number of hydrogen-bond donors (Lipinski definition) is 1. The van der Waals surface area contributed by atoms with E-state index in [0.717, 1.165) is 38.0 Å². The first-order chi connectivity index (χ1) is 12.1. The van der Waals surface area contributed by atoms with Crippen molar-refractivity contribution in [2.45, 2.75) is 45.1 Å². The van der Waals surface area contributed by atoms with Gasteiger partial charge in [0.1, 0.15) is 24.5 Å². The number of ether oxygens (including phenoxy) is 2. The van der Waals surface area contributed by atoms with E-state index in [2.05, 4.69) is 12.2 Å². The van der Waals surface area contributed by atoms with Gasteiger partial charge in [0.05, 0.1) is 13.7 Å². The average molecular weight is 348 g/mol. The fourth-order valence-electron chi connectivity index (χ4n) is 3.09. The van der Waals surface area contributed by atoms with Crippen molar-refractivity contribution in [3.05, 3.63) is 24.3 Å². The van der Waals surface area contributed by atoms with Crippen molar-refractivity contribution in [3.8, 4) is 11.5 Å². The molecule has 6 nitrogen and oxygen atoms in total. The van der Waals surface area contributed by atoms with Crippen LogP contribution in [0.3, 0.4) is 0 Å². The molecule has 1 unspecified atom stereocenters. The number of nitrogens with one attached hydrogen (secondary N) is 1. The first kappa shape index (κ1) is 19.1. The summed E-state index contributed by atoms with van der Waals surface area (Å²) in [5, 5.41) is 2.74. The third-order valence-electron chi connectivity index (χ3n) is 4.48. The highest BCUT2D eigenvalue weighted by atomic mass is 16.5. The Morgan fingerprint density at radius 2 is 1.92 bits per heavy atom. The SMILES string of the molecule is CCC1CCCCN1C(=O)CC(=O)NCCOc1ccc(OC)cc1. The highest BCUT2D eigenvalue weighted by Crippen LogP contribution is 2.20. The minimum Gasteiger partial charge on any atom is -0.497 e. The van der Waals surface area contributed by atoms with Gasteiger partial charge in [-0.2, -0.15) is 0 Å². The van der Waals surface area contributed by atoms with Crippen molar-refractivity contribution in [1.29, 1.82) is 0 Å². The zero-order chi connectivity index (χ0) is 18.1. The number of likely N-dealkylation sites (tertiary alicyclic amines) is 1. The summed E-state index contributed by atoms with van der Waals surface area (Å²) in [5.74, 6) is 1.16. The van der Waals surface area contributed by atoms with Gasteiger partial charge >= 0.3 is 0 Å². The minimum atomic E-state index is -0.247. The topological polar surface area (TPSA) is 67.9 Å². The van der Waals surface area contributed by atoms with Crippen LogP contribution in [0.15, 0.2) is 24.3 Å². The third kappa shape index (κ3) is 5.96. The van der Waals surface area contributed by atoms with Crippen LogP contribution in [0.1, 0.15) is 39.0 Å². The summed E-state index contributed by atoms with van der Waals surface area (Å²) in [4.78, 5) is 26.1. The normalized spacial score (nSPS) is 17.0. The fourth-order valence-corrected chi connectivity index (χ4v) is 3.09. The van der Waals surface area contributed by atoms with Crippen LogP contribution in [0.5, 0.6) is 11.5 Å². The molecule has 1 heterocycles. The van der Waals surface area contributed by atoms with E-state index in [0.29, 0.717) is 18.9 Å². The van der Waals surface area contributed by atoms with Gasteiger partial charge in [0.15, 0.2) is 0 Å². The quantitative estimate of drug-likeness (QED) is 0.578. The van der Waals surface area contributed by atoms with Crippen LogP contribution in [0, 0.1) is 0 Å². The molecule has 0 aromatic heterocycles. The van der Waals surface area contributed by atoms with Gasteiger partial charge in [-0.25, -0.2) is 0 Å². The second-order valence-electron chi connectivity index (χ2n) is 6.20. The van der Waals surface area contributed by atoms with Crippen LogP contribution in [-0.4, -0.2) is 49.6 Å². The molecule has 2 amide bonds. The van der Waals surface area contributed by atoms with E-state index in [1.54, 1.807) is 7.11 Å². The molecule has 1 atom stereocenters. The van der Waals surface area contributed by atoms with Gasteiger partial charge in [-0.15, -0.1) is 0 Å². The van der Waals surface area contributed by atoms with Crippen molar-refractivity contribution in [2.75, 3.05) is 26.8 Å². The van der Waals surface area contributed by atoms with E-state index in [9.17, 15) is 9.59 Å². The van der Waals surface area contributed by atoms with Gasteiger partial charge in [-0.05, 0) is 49.9 Å². The van der Waals surface area contributed by atoms with E-state index < -0.39 is 0 Å². The number of piperidine rings is 1. The summed E-state index contributed by atoms with van der Waals surface area (Å²) in [7, 11) is 1.61. The maximum atomic E-state index is 12.3. The summed E-state index contributed by atoms with van der Waals surface area (Å²) >= 11 is 0. The van der Waals surface area contributed by atoms with Crippen molar-refractivity contribution in [2.24, 2.45) is 0 Å². The van der Waals surface area contributed by atoms with Gasteiger partial charge in [-0.1, -0.05) is 6.92 Å². The number of hydrogen-bond acceptors (Lipinski definition) is 4. The molecule has 0 bridgehead atoms. The summed E-state index contributed by atoms with van der Waals surface area (Å²) in [6, 6.07) is 7.54. The molecule has 6 heteroatoms. The standard InChI is InChI=1S/C19H28N2O4/c1-3-15-6-4-5-12-21(15)19(23)14-18(22)20-11-13-25-17-9-7-16(24-2)8-10-17/h7-10,15H,3-6,11-14H2,1-2H3,(H,20,22). The van der Waals surface area contributed by atoms with Crippen molar-refractivity contribution < 1.29 is 19.1 Å². The molecule has 0 aliphatic carbocycles. The van der Waals surface area contributed by atoms with Gasteiger partial charge in [0, 0.05) is 12.6 Å². The number of methoxy groups -OCH3 is 1. The second-order valence-corrected chi connectivity index (χ2v) is 6.20. The Morgan fingerprint density at radius 3 is 2.60 bits per heavy atom. The Hall–Kier alpha value is -2.24. The van der Waals surface area contributed by atoms with E-state index in [-0.39, 0.29) is 24.3 Å². The Labute approximate surface area is 149 Å². The van der Waals surface area contributed by atoms with Crippen LogP contribution in [0.4, 0.5) is 0 Å². The third-order valence-corrected chi connectivity index (χ3v) is 4.48. The largest absolute Gasteiger partial charge is 0.497 e. The Morgan fingerprint density at radius 1 is 1.20 bits per heavy atom. The lowest BCUT2D eigenvalue weighted by molar-refractivity contribution is -0.139. The lowest BCUT2D eigenvalue weighted by Gasteiger charge is -2.35. The number of benzene rings is 1. The maximum absolute atomic E-state index is 12.3. The molecule has 1 fully saturated rings. The lowest BCUT2D eigenvalue weighted by Crippen LogP contribution is -2.45. The van der Waals surface area contributed by atoms with E-state index >= 15 is 0 Å². The number of amides is 2. The molecule has 1 aromatic carbocycles. The summed E-state index contributed by atoms with van der Waals surface area (Å²) in [6.07, 6.45) is 4.10. The van der Waals surface area contributed by atoms with E-state index in [1.165, 1.54) is 0 Å².